The number of piperazine rings is 1. The largest absolute Gasteiger partial charge is 0.506 e. The molecule has 0 aliphatic carbocycles. The summed E-state index contributed by atoms with van der Waals surface area (Å²) in [6.07, 6.45) is 0.872. The molecule has 0 radical (unpaired) electrons. The first-order valence-electron chi connectivity index (χ1n) is 9.14. The quantitative estimate of drug-likeness (QED) is 0.375. The van der Waals surface area contributed by atoms with Gasteiger partial charge in [0, 0.05) is 51.1 Å². The Balaban J connectivity index is 0.00000261. The zero-order valence-electron chi connectivity index (χ0n) is 15.9. The van der Waals surface area contributed by atoms with Crippen molar-refractivity contribution in [3.05, 3.63) is 40.3 Å². The highest BCUT2D eigenvalue weighted by molar-refractivity contribution is 14.0. The van der Waals surface area contributed by atoms with Crippen LogP contribution in [-0.2, 0) is 6.42 Å². The Morgan fingerprint density at radius 1 is 1.26 bits per heavy atom. The molecule has 27 heavy (non-hydrogen) atoms. The highest BCUT2D eigenvalue weighted by atomic mass is 127. The van der Waals surface area contributed by atoms with Crippen molar-refractivity contribution in [2.24, 2.45) is 4.99 Å². The predicted octanol–water partition coefficient (Wildman–Crippen LogP) is 3.11. The summed E-state index contributed by atoms with van der Waals surface area (Å²) in [5.74, 6) is 1.32. The SMILES string of the molecule is CCNC(=NCCc1csc(C)n1)N1CCN(c2ccccc2O)CC1.I. The summed E-state index contributed by atoms with van der Waals surface area (Å²) in [7, 11) is 0. The summed E-state index contributed by atoms with van der Waals surface area (Å²) in [5.41, 5.74) is 2.03. The summed E-state index contributed by atoms with van der Waals surface area (Å²) in [6, 6.07) is 7.54. The van der Waals surface area contributed by atoms with Crippen molar-refractivity contribution in [3.8, 4) is 5.75 Å². The number of aromatic nitrogens is 1. The zero-order valence-corrected chi connectivity index (χ0v) is 19.0. The Kier molecular flexibility index (Phi) is 8.62. The number of nitrogens with zero attached hydrogens (tertiary/aromatic N) is 4. The van der Waals surface area contributed by atoms with E-state index in [4.69, 9.17) is 4.99 Å². The number of phenolic OH excluding ortho intramolecular Hbond substituents is 1. The molecule has 1 aliphatic rings. The van der Waals surface area contributed by atoms with E-state index in [1.165, 1.54) is 0 Å². The van der Waals surface area contributed by atoms with Crippen molar-refractivity contribution in [1.29, 1.82) is 0 Å². The lowest BCUT2D eigenvalue weighted by molar-refractivity contribution is 0.370. The molecule has 1 aromatic carbocycles. The molecule has 1 aliphatic heterocycles. The van der Waals surface area contributed by atoms with Gasteiger partial charge in [-0.15, -0.1) is 35.3 Å². The molecule has 0 bridgehead atoms. The number of anilines is 1. The molecule has 0 unspecified atom stereocenters. The van der Waals surface area contributed by atoms with E-state index in [2.05, 4.69) is 32.4 Å². The van der Waals surface area contributed by atoms with Crippen LogP contribution in [0.25, 0.3) is 0 Å². The third kappa shape index (κ3) is 5.97. The molecule has 0 saturated carbocycles. The van der Waals surface area contributed by atoms with E-state index in [1.54, 1.807) is 17.4 Å². The number of benzene rings is 1. The fourth-order valence-electron chi connectivity index (χ4n) is 3.12. The third-order valence-electron chi connectivity index (χ3n) is 4.43. The molecule has 8 heteroatoms. The van der Waals surface area contributed by atoms with Crippen molar-refractivity contribution < 1.29 is 5.11 Å². The van der Waals surface area contributed by atoms with Crippen LogP contribution in [0, 0.1) is 6.92 Å². The van der Waals surface area contributed by atoms with Crippen LogP contribution < -0.4 is 10.2 Å². The smallest absolute Gasteiger partial charge is 0.194 e. The topological polar surface area (TPSA) is 64.0 Å². The normalized spacial score (nSPS) is 14.8. The average molecular weight is 501 g/mol. The van der Waals surface area contributed by atoms with Crippen LogP contribution in [0.2, 0.25) is 0 Å². The highest BCUT2D eigenvalue weighted by Gasteiger charge is 2.21. The average Bonchev–Trinajstić information content (AvgIpc) is 3.07. The van der Waals surface area contributed by atoms with E-state index >= 15 is 0 Å². The Morgan fingerprint density at radius 2 is 2.00 bits per heavy atom. The Hall–Kier alpha value is -1.55. The molecule has 148 valence electrons. The van der Waals surface area contributed by atoms with Crippen LogP contribution in [0.3, 0.4) is 0 Å². The summed E-state index contributed by atoms with van der Waals surface area (Å²) < 4.78 is 0. The van der Waals surface area contributed by atoms with Gasteiger partial charge in [-0.25, -0.2) is 4.98 Å². The number of hydrogen-bond donors (Lipinski definition) is 2. The predicted molar refractivity (Wildman–Crippen MR) is 124 cm³/mol. The Labute approximate surface area is 182 Å². The molecule has 2 heterocycles. The molecule has 0 amide bonds. The standard InChI is InChI=1S/C19H27N5OS.HI/c1-3-20-19(21-9-8-16-14-26-15(2)22-16)24-12-10-23(11-13-24)17-6-4-5-7-18(17)25;/h4-7,14,25H,3,8-13H2,1-2H3,(H,20,21);1H. The number of hydrogen-bond acceptors (Lipinski definition) is 5. The Morgan fingerprint density at radius 3 is 2.63 bits per heavy atom. The number of guanidine groups is 1. The van der Waals surface area contributed by atoms with Crippen LogP contribution >= 0.6 is 35.3 Å². The van der Waals surface area contributed by atoms with Gasteiger partial charge in [-0.1, -0.05) is 12.1 Å². The second-order valence-corrected chi connectivity index (χ2v) is 7.37. The minimum atomic E-state index is 0. The van der Waals surface area contributed by atoms with E-state index in [0.717, 1.165) is 68.0 Å². The number of para-hydroxylation sites is 2. The van der Waals surface area contributed by atoms with E-state index in [9.17, 15) is 5.11 Å². The number of thiazole rings is 1. The van der Waals surface area contributed by atoms with E-state index in [-0.39, 0.29) is 24.0 Å². The molecular weight excluding hydrogens is 473 g/mol. The van der Waals surface area contributed by atoms with Crippen LogP contribution in [0.15, 0.2) is 34.6 Å². The molecule has 0 spiro atoms. The zero-order chi connectivity index (χ0) is 18.4. The first-order valence-corrected chi connectivity index (χ1v) is 10.0. The van der Waals surface area contributed by atoms with Crippen LogP contribution in [0.1, 0.15) is 17.6 Å². The van der Waals surface area contributed by atoms with Gasteiger partial charge in [0.2, 0.25) is 0 Å². The molecule has 3 rings (SSSR count). The first kappa shape index (κ1) is 21.7. The maximum atomic E-state index is 10.1. The number of rotatable bonds is 5. The van der Waals surface area contributed by atoms with Gasteiger partial charge in [0.15, 0.2) is 5.96 Å². The summed E-state index contributed by atoms with van der Waals surface area (Å²) in [6.45, 7) is 9.23. The van der Waals surface area contributed by atoms with Gasteiger partial charge >= 0.3 is 0 Å². The van der Waals surface area contributed by atoms with E-state index < -0.39 is 0 Å². The van der Waals surface area contributed by atoms with E-state index in [0.29, 0.717) is 5.75 Å². The molecule has 0 atom stereocenters. The highest BCUT2D eigenvalue weighted by Crippen LogP contribution is 2.27. The minimum absolute atomic E-state index is 0. The second-order valence-electron chi connectivity index (χ2n) is 6.31. The molecule has 2 N–H and O–H groups in total. The monoisotopic (exact) mass is 501 g/mol. The van der Waals surface area contributed by atoms with E-state index in [1.807, 2.05) is 25.1 Å². The molecule has 1 fully saturated rings. The van der Waals surface area contributed by atoms with Gasteiger partial charge < -0.3 is 20.2 Å². The fraction of sp³-hybridized carbons (Fsp3) is 0.474. The van der Waals surface area contributed by atoms with Crippen molar-refractivity contribution in [2.75, 3.05) is 44.2 Å². The lowest BCUT2D eigenvalue weighted by Gasteiger charge is -2.37. The van der Waals surface area contributed by atoms with Crippen molar-refractivity contribution in [3.63, 3.8) is 0 Å². The number of phenols is 1. The number of halogens is 1. The van der Waals surface area contributed by atoms with Gasteiger partial charge in [-0.05, 0) is 26.0 Å². The summed E-state index contributed by atoms with van der Waals surface area (Å²) in [4.78, 5) is 13.8. The molecule has 2 aromatic rings. The first-order chi connectivity index (χ1) is 12.7. The maximum Gasteiger partial charge on any atom is 0.194 e. The molecular formula is C19H28IN5OS. The fourth-order valence-corrected chi connectivity index (χ4v) is 3.76. The lowest BCUT2D eigenvalue weighted by Crippen LogP contribution is -2.52. The Bertz CT molecular complexity index is 743. The van der Waals surface area contributed by atoms with Gasteiger partial charge in [-0.3, -0.25) is 4.99 Å². The number of aromatic hydroxyl groups is 1. The molecule has 1 aromatic heterocycles. The van der Waals surface area contributed by atoms with Gasteiger partial charge in [0.25, 0.3) is 0 Å². The third-order valence-corrected chi connectivity index (χ3v) is 5.25. The summed E-state index contributed by atoms with van der Waals surface area (Å²) in [5, 5.41) is 16.7. The number of aliphatic imine (C=N–C) groups is 1. The van der Waals surface area contributed by atoms with Crippen molar-refractivity contribution in [1.82, 2.24) is 15.2 Å². The van der Waals surface area contributed by atoms with Gasteiger partial charge in [0.1, 0.15) is 5.75 Å². The number of nitrogens with one attached hydrogen (secondary N) is 1. The van der Waals surface area contributed by atoms with Crippen LogP contribution in [-0.4, -0.2) is 60.2 Å². The molecule has 1 saturated heterocycles. The minimum Gasteiger partial charge on any atom is -0.506 e. The second kappa shape index (κ2) is 10.7. The maximum absolute atomic E-state index is 10.1. The van der Waals surface area contributed by atoms with Gasteiger partial charge in [0.05, 0.1) is 16.4 Å². The van der Waals surface area contributed by atoms with Crippen LogP contribution in [0.4, 0.5) is 5.69 Å². The van der Waals surface area contributed by atoms with Crippen molar-refractivity contribution >= 4 is 47.0 Å². The van der Waals surface area contributed by atoms with Crippen LogP contribution in [0.5, 0.6) is 5.75 Å². The molecule has 6 nitrogen and oxygen atoms in total. The van der Waals surface area contributed by atoms with Crippen molar-refractivity contribution in [2.45, 2.75) is 20.3 Å². The number of aryl methyl sites for hydroxylation is 1. The lowest BCUT2D eigenvalue weighted by atomic mass is 10.2. The van der Waals surface area contributed by atoms with Gasteiger partial charge in [-0.2, -0.15) is 0 Å². The summed E-state index contributed by atoms with van der Waals surface area (Å²) >= 11 is 1.69.